The van der Waals surface area contributed by atoms with Gasteiger partial charge in [-0.3, -0.25) is 9.59 Å². The summed E-state index contributed by atoms with van der Waals surface area (Å²) in [6, 6.07) is 8.57. The van der Waals surface area contributed by atoms with Gasteiger partial charge in [0.25, 0.3) is 0 Å². The molecule has 0 fully saturated rings. The van der Waals surface area contributed by atoms with Gasteiger partial charge in [0.05, 0.1) is 12.8 Å². The lowest BCUT2D eigenvalue weighted by atomic mass is 10.1. The van der Waals surface area contributed by atoms with E-state index in [4.69, 9.17) is 16.3 Å². The predicted octanol–water partition coefficient (Wildman–Crippen LogP) is 4.40. The van der Waals surface area contributed by atoms with E-state index in [2.05, 4.69) is 5.32 Å². The number of anilines is 1. The van der Waals surface area contributed by atoms with Crippen molar-refractivity contribution in [2.75, 3.05) is 12.4 Å². The minimum atomic E-state index is -0.408. The van der Waals surface area contributed by atoms with Gasteiger partial charge in [-0.2, -0.15) is 0 Å². The fraction of sp³-hybridized carbons (Fsp3) is 0.222. The first-order valence-electron chi connectivity index (χ1n) is 7.33. The highest BCUT2D eigenvalue weighted by atomic mass is 35.5. The molecule has 126 valence electrons. The topological polar surface area (TPSA) is 55.4 Å². The number of carbonyl (C=O) groups is 2. The number of aryl methyl sites for hydroxylation is 1. The van der Waals surface area contributed by atoms with E-state index in [9.17, 15) is 14.0 Å². The third-order valence-electron chi connectivity index (χ3n) is 3.50. The van der Waals surface area contributed by atoms with E-state index in [1.165, 1.54) is 31.4 Å². The van der Waals surface area contributed by atoms with Crippen LogP contribution in [0.15, 0.2) is 36.4 Å². The highest BCUT2D eigenvalue weighted by molar-refractivity contribution is 6.31. The second-order valence-corrected chi connectivity index (χ2v) is 5.69. The van der Waals surface area contributed by atoms with Crippen LogP contribution in [-0.4, -0.2) is 18.8 Å². The van der Waals surface area contributed by atoms with Gasteiger partial charge in [-0.25, -0.2) is 4.39 Å². The van der Waals surface area contributed by atoms with E-state index in [1.54, 1.807) is 12.1 Å². The molecule has 0 spiro atoms. The van der Waals surface area contributed by atoms with Crippen LogP contribution in [0.3, 0.4) is 0 Å². The quantitative estimate of drug-likeness (QED) is 0.786. The van der Waals surface area contributed by atoms with Gasteiger partial charge in [-0.1, -0.05) is 11.6 Å². The molecule has 2 rings (SSSR count). The standard InChI is InChI=1S/C18H17ClFNO3/c1-11-9-15(17(24-2)10-14(11)19)21-18(23)8-7-16(22)12-3-5-13(20)6-4-12/h3-6,9-10H,7-8H2,1-2H3,(H,21,23). The van der Waals surface area contributed by atoms with Crippen molar-refractivity contribution in [3.8, 4) is 5.75 Å². The number of amides is 1. The zero-order valence-electron chi connectivity index (χ0n) is 13.4. The lowest BCUT2D eigenvalue weighted by molar-refractivity contribution is -0.116. The van der Waals surface area contributed by atoms with Gasteiger partial charge in [0.1, 0.15) is 11.6 Å². The zero-order valence-corrected chi connectivity index (χ0v) is 14.1. The molecule has 1 amide bonds. The molecule has 0 atom stereocenters. The molecule has 0 aliphatic carbocycles. The van der Waals surface area contributed by atoms with Gasteiger partial charge in [0.15, 0.2) is 5.78 Å². The van der Waals surface area contributed by atoms with Gasteiger partial charge < -0.3 is 10.1 Å². The van der Waals surface area contributed by atoms with Crippen molar-refractivity contribution in [3.63, 3.8) is 0 Å². The Balaban J connectivity index is 1.97. The number of halogens is 2. The Morgan fingerprint density at radius 2 is 1.83 bits per heavy atom. The summed E-state index contributed by atoms with van der Waals surface area (Å²) in [4.78, 5) is 24.0. The number of nitrogens with one attached hydrogen (secondary N) is 1. The molecule has 2 aromatic rings. The summed E-state index contributed by atoms with van der Waals surface area (Å²) in [7, 11) is 1.48. The fourth-order valence-corrected chi connectivity index (χ4v) is 2.30. The van der Waals surface area contributed by atoms with E-state index in [0.29, 0.717) is 22.0 Å². The van der Waals surface area contributed by atoms with Crippen LogP contribution in [0.2, 0.25) is 5.02 Å². The summed E-state index contributed by atoms with van der Waals surface area (Å²) in [6.07, 6.45) is 0.0490. The summed E-state index contributed by atoms with van der Waals surface area (Å²) in [6.45, 7) is 1.81. The Morgan fingerprint density at radius 1 is 1.17 bits per heavy atom. The summed E-state index contributed by atoms with van der Waals surface area (Å²) >= 11 is 6.02. The molecule has 0 radical (unpaired) electrons. The number of hydrogen-bond donors (Lipinski definition) is 1. The molecule has 0 aromatic heterocycles. The SMILES string of the molecule is COc1cc(Cl)c(C)cc1NC(=O)CCC(=O)c1ccc(F)cc1. The van der Waals surface area contributed by atoms with Crippen molar-refractivity contribution in [1.29, 1.82) is 0 Å². The summed E-state index contributed by atoms with van der Waals surface area (Å²) in [5.41, 5.74) is 1.68. The van der Waals surface area contributed by atoms with Gasteiger partial charge in [-0.15, -0.1) is 0 Å². The molecule has 2 aromatic carbocycles. The Bertz CT molecular complexity index is 760. The van der Waals surface area contributed by atoms with E-state index in [-0.39, 0.29) is 24.5 Å². The number of hydrogen-bond acceptors (Lipinski definition) is 3. The maximum atomic E-state index is 12.8. The molecule has 0 bridgehead atoms. The maximum Gasteiger partial charge on any atom is 0.224 e. The molecular formula is C18H17ClFNO3. The van der Waals surface area contributed by atoms with Crippen molar-refractivity contribution < 1.29 is 18.7 Å². The Hall–Kier alpha value is -2.40. The second kappa shape index (κ2) is 7.93. The van der Waals surface area contributed by atoms with Crippen molar-refractivity contribution in [2.24, 2.45) is 0 Å². The smallest absolute Gasteiger partial charge is 0.224 e. The van der Waals surface area contributed by atoms with E-state index in [1.807, 2.05) is 6.92 Å². The molecule has 0 aliphatic heterocycles. The number of carbonyl (C=O) groups excluding carboxylic acids is 2. The number of ketones is 1. The minimum Gasteiger partial charge on any atom is -0.495 e. The molecule has 1 N–H and O–H groups in total. The van der Waals surface area contributed by atoms with Gasteiger partial charge >= 0.3 is 0 Å². The van der Waals surface area contributed by atoms with Crippen molar-refractivity contribution in [3.05, 3.63) is 58.4 Å². The lowest BCUT2D eigenvalue weighted by Gasteiger charge is -2.12. The third-order valence-corrected chi connectivity index (χ3v) is 3.91. The Morgan fingerprint density at radius 3 is 2.46 bits per heavy atom. The molecule has 0 saturated carbocycles. The molecular weight excluding hydrogens is 333 g/mol. The average molecular weight is 350 g/mol. The summed E-state index contributed by atoms with van der Waals surface area (Å²) in [5.74, 6) is -0.492. The maximum absolute atomic E-state index is 12.8. The van der Waals surface area contributed by atoms with Crippen LogP contribution in [0.1, 0.15) is 28.8 Å². The van der Waals surface area contributed by atoms with Crippen molar-refractivity contribution in [2.45, 2.75) is 19.8 Å². The lowest BCUT2D eigenvalue weighted by Crippen LogP contribution is -2.14. The number of methoxy groups -OCH3 is 1. The number of Topliss-reactive ketones (excluding diaryl/α,β-unsaturated/α-hetero) is 1. The summed E-state index contributed by atoms with van der Waals surface area (Å²) < 4.78 is 18.0. The molecule has 4 nitrogen and oxygen atoms in total. The normalized spacial score (nSPS) is 10.3. The van der Waals surface area contributed by atoms with Crippen LogP contribution in [0.4, 0.5) is 10.1 Å². The van der Waals surface area contributed by atoms with Crippen LogP contribution < -0.4 is 10.1 Å². The molecule has 0 saturated heterocycles. The average Bonchev–Trinajstić information content (AvgIpc) is 2.56. The van der Waals surface area contributed by atoms with Gasteiger partial charge in [0.2, 0.25) is 5.91 Å². The molecule has 0 unspecified atom stereocenters. The fourth-order valence-electron chi connectivity index (χ4n) is 2.15. The molecule has 6 heteroatoms. The monoisotopic (exact) mass is 349 g/mol. The van der Waals surface area contributed by atoms with Gasteiger partial charge in [-0.05, 0) is 42.8 Å². The first-order chi connectivity index (χ1) is 11.4. The van der Waals surface area contributed by atoms with Crippen LogP contribution in [0.25, 0.3) is 0 Å². The van der Waals surface area contributed by atoms with Crippen LogP contribution in [0, 0.1) is 12.7 Å². The van der Waals surface area contributed by atoms with E-state index >= 15 is 0 Å². The van der Waals surface area contributed by atoms with E-state index in [0.717, 1.165) is 5.56 Å². The highest BCUT2D eigenvalue weighted by Crippen LogP contribution is 2.31. The number of benzene rings is 2. The Kier molecular flexibility index (Phi) is 5.93. The third kappa shape index (κ3) is 4.55. The second-order valence-electron chi connectivity index (χ2n) is 5.28. The largest absolute Gasteiger partial charge is 0.495 e. The minimum absolute atomic E-state index is 0.0149. The summed E-state index contributed by atoms with van der Waals surface area (Å²) in [5, 5.41) is 3.25. The number of rotatable bonds is 6. The first kappa shape index (κ1) is 17.9. The van der Waals surface area contributed by atoms with E-state index < -0.39 is 5.82 Å². The van der Waals surface area contributed by atoms with Crippen LogP contribution in [-0.2, 0) is 4.79 Å². The Labute approximate surface area is 144 Å². The van der Waals surface area contributed by atoms with Crippen LogP contribution >= 0.6 is 11.6 Å². The van der Waals surface area contributed by atoms with Crippen LogP contribution in [0.5, 0.6) is 5.75 Å². The van der Waals surface area contributed by atoms with Crippen molar-refractivity contribution >= 4 is 29.0 Å². The molecule has 24 heavy (non-hydrogen) atoms. The predicted molar refractivity (Wildman–Crippen MR) is 91.3 cm³/mol. The number of ether oxygens (including phenoxy) is 1. The first-order valence-corrected chi connectivity index (χ1v) is 7.71. The zero-order chi connectivity index (χ0) is 17.7. The molecule has 0 heterocycles. The highest BCUT2D eigenvalue weighted by Gasteiger charge is 2.13. The van der Waals surface area contributed by atoms with Crippen molar-refractivity contribution in [1.82, 2.24) is 0 Å². The van der Waals surface area contributed by atoms with Gasteiger partial charge in [0, 0.05) is 29.5 Å². The molecule has 0 aliphatic rings.